The molecule has 3 aliphatic rings. The zero-order valence-electron chi connectivity index (χ0n) is 21.8. The van der Waals surface area contributed by atoms with Gasteiger partial charge in [0.2, 0.25) is 5.91 Å². The van der Waals surface area contributed by atoms with E-state index in [1.54, 1.807) is 42.6 Å². The van der Waals surface area contributed by atoms with Crippen molar-refractivity contribution >= 4 is 19.6 Å². The Morgan fingerprint density at radius 3 is 2.59 bits per heavy atom. The number of amides is 1. The highest BCUT2D eigenvalue weighted by atomic mass is 31.2. The molecule has 0 spiro atoms. The summed E-state index contributed by atoms with van der Waals surface area (Å²) in [4.78, 5) is 25.7. The number of aliphatic hydroxyl groups excluding tert-OH is 2. The normalized spacial score (nSPS) is 27.9. The van der Waals surface area contributed by atoms with Gasteiger partial charge in [0.15, 0.2) is 6.23 Å². The van der Waals surface area contributed by atoms with Crippen LogP contribution >= 0.6 is 7.75 Å². The largest absolute Gasteiger partial charge is 0.461 e. The van der Waals surface area contributed by atoms with Crippen LogP contribution in [0, 0.1) is 0 Å². The smallest absolute Gasteiger partial charge is 0.459 e. The van der Waals surface area contributed by atoms with E-state index in [0.717, 1.165) is 32.1 Å². The molecule has 0 aromatic heterocycles. The lowest BCUT2D eigenvalue weighted by molar-refractivity contribution is -0.152. The monoisotopic (exact) mass is 565 g/mol. The fourth-order valence-corrected chi connectivity index (χ4v) is 6.14. The van der Waals surface area contributed by atoms with Crippen molar-refractivity contribution < 1.29 is 42.9 Å². The summed E-state index contributed by atoms with van der Waals surface area (Å²) in [7, 11) is -4.20. The second-order valence-corrected chi connectivity index (χ2v) is 11.5. The van der Waals surface area contributed by atoms with Crippen molar-refractivity contribution in [3.63, 3.8) is 0 Å². The van der Waals surface area contributed by atoms with Crippen molar-refractivity contribution in [3.8, 4) is 5.75 Å². The number of esters is 1. The number of allylic oxidation sites excluding steroid dienone is 1. The number of carbonyl (C=O) groups excluding carboxylic acids is 2. The number of hydrogen-bond donors (Lipinski definition) is 4. The Bertz CT molecular complexity index is 1110. The van der Waals surface area contributed by atoms with Crippen molar-refractivity contribution in [1.82, 2.24) is 9.99 Å². The number of hydrogen-bond acceptors (Lipinski definition) is 10. The molecule has 1 aromatic carbocycles. The standard InChI is InChI=1S/C26H36N3O9P/c1-17(26(33)36-19-10-4-2-5-11-19)28-39(34,38-20-12-6-3-7-13-20)35-16-21-22(30)23(31)25(37-21)29-14-8-9-18(15-29)24(27)32/h3,6-8,12-15,17,19,21-23,25,30-31H,2,4-5,9-11,16H2,1H3,(H2,27,32)(H,28,34)/t17-,21+,22-,23-,25+,39?/m0/s1. The van der Waals surface area contributed by atoms with Gasteiger partial charge in [-0.1, -0.05) is 30.7 Å². The molecule has 1 saturated carbocycles. The van der Waals surface area contributed by atoms with Crippen molar-refractivity contribution in [3.05, 3.63) is 54.4 Å². The van der Waals surface area contributed by atoms with E-state index in [4.69, 9.17) is 24.3 Å². The van der Waals surface area contributed by atoms with E-state index in [0.29, 0.717) is 12.0 Å². The van der Waals surface area contributed by atoms with Crippen LogP contribution in [-0.4, -0.2) is 70.3 Å². The van der Waals surface area contributed by atoms with Crippen molar-refractivity contribution in [2.45, 2.75) is 82.1 Å². The van der Waals surface area contributed by atoms with E-state index < -0.39 is 56.8 Å². The van der Waals surface area contributed by atoms with Crippen molar-refractivity contribution in [2.24, 2.45) is 5.73 Å². The Morgan fingerprint density at radius 1 is 1.18 bits per heavy atom. The molecular formula is C26H36N3O9P. The molecule has 12 nitrogen and oxygen atoms in total. The maximum atomic E-state index is 13.8. The summed E-state index contributed by atoms with van der Waals surface area (Å²) in [5.74, 6) is -0.961. The first-order valence-electron chi connectivity index (χ1n) is 13.1. The zero-order valence-corrected chi connectivity index (χ0v) is 22.7. The van der Waals surface area contributed by atoms with Gasteiger partial charge in [-0.2, -0.15) is 5.09 Å². The number of aliphatic hydroxyl groups is 2. The average molecular weight is 566 g/mol. The van der Waals surface area contributed by atoms with Crippen LogP contribution in [0.15, 0.2) is 54.4 Å². The molecule has 5 N–H and O–H groups in total. The molecule has 6 atom stereocenters. The van der Waals surface area contributed by atoms with Gasteiger partial charge in [0, 0.05) is 18.0 Å². The number of nitrogens with two attached hydrogens (primary N) is 1. The number of carbonyl (C=O) groups is 2. The summed E-state index contributed by atoms with van der Waals surface area (Å²) in [6.07, 6.45) is 4.58. The lowest BCUT2D eigenvalue weighted by Gasteiger charge is -2.28. The molecule has 2 aliphatic heterocycles. The molecule has 1 amide bonds. The molecule has 1 saturated heterocycles. The van der Waals surface area contributed by atoms with Gasteiger partial charge in [-0.15, -0.1) is 0 Å². The van der Waals surface area contributed by atoms with E-state index in [1.807, 2.05) is 0 Å². The van der Waals surface area contributed by atoms with Gasteiger partial charge < -0.3 is 34.8 Å². The molecule has 1 aromatic rings. The first kappa shape index (κ1) is 29.3. The summed E-state index contributed by atoms with van der Waals surface area (Å²) in [5, 5.41) is 23.9. The minimum atomic E-state index is -4.20. The van der Waals surface area contributed by atoms with Crippen LogP contribution in [0.25, 0.3) is 0 Å². The highest BCUT2D eigenvalue weighted by Crippen LogP contribution is 2.45. The van der Waals surface area contributed by atoms with E-state index >= 15 is 0 Å². The molecule has 13 heteroatoms. The summed E-state index contributed by atoms with van der Waals surface area (Å²) in [6.45, 7) is 1.06. The Kier molecular flexibility index (Phi) is 9.81. The van der Waals surface area contributed by atoms with E-state index in [-0.39, 0.29) is 11.9 Å². The maximum absolute atomic E-state index is 13.8. The third kappa shape index (κ3) is 7.69. The predicted octanol–water partition coefficient (Wildman–Crippen LogP) is 2.08. The minimum absolute atomic E-state index is 0.181. The molecule has 0 radical (unpaired) electrons. The lowest BCUT2D eigenvalue weighted by Crippen LogP contribution is -2.40. The van der Waals surface area contributed by atoms with Crippen LogP contribution in [0.2, 0.25) is 0 Å². The molecular weight excluding hydrogens is 529 g/mol. The van der Waals surface area contributed by atoms with Gasteiger partial charge >= 0.3 is 13.7 Å². The third-order valence-corrected chi connectivity index (χ3v) is 8.43. The number of nitrogens with zero attached hydrogens (tertiary/aromatic N) is 1. The predicted molar refractivity (Wildman–Crippen MR) is 140 cm³/mol. The molecule has 2 heterocycles. The Hall–Kier alpha value is -2.73. The van der Waals surface area contributed by atoms with Gasteiger partial charge in [-0.3, -0.25) is 14.1 Å². The SMILES string of the molecule is C[C@H](NP(=O)(OC[C@H]1O[C@@H](N2C=CCC(C(N)=O)=C2)[C@@H](O)[C@H]1O)Oc1ccccc1)C(=O)OC1CCCCC1. The summed E-state index contributed by atoms with van der Waals surface area (Å²) < 4.78 is 36.5. The topological polar surface area (TPSA) is 170 Å². The molecule has 1 aliphatic carbocycles. The lowest BCUT2D eigenvalue weighted by atomic mass is 9.98. The van der Waals surface area contributed by atoms with E-state index in [2.05, 4.69) is 5.09 Å². The van der Waals surface area contributed by atoms with Crippen LogP contribution < -0.4 is 15.3 Å². The average Bonchev–Trinajstić information content (AvgIpc) is 3.22. The van der Waals surface area contributed by atoms with Gasteiger partial charge in [0.1, 0.15) is 36.2 Å². The Morgan fingerprint density at radius 2 is 1.90 bits per heavy atom. The molecule has 39 heavy (non-hydrogen) atoms. The van der Waals surface area contributed by atoms with E-state index in [9.17, 15) is 24.4 Å². The van der Waals surface area contributed by atoms with Crippen molar-refractivity contribution in [2.75, 3.05) is 6.61 Å². The summed E-state index contributed by atoms with van der Waals surface area (Å²) >= 11 is 0. The first-order chi connectivity index (χ1) is 18.6. The fraction of sp³-hybridized carbons (Fsp3) is 0.538. The van der Waals surface area contributed by atoms with E-state index in [1.165, 1.54) is 18.0 Å². The fourth-order valence-electron chi connectivity index (χ4n) is 4.63. The maximum Gasteiger partial charge on any atom is 0.459 e. The highest BCUT2D eigenvalue weighted by molar-refractivity contribution is 7.52. The molecule has 4 rings (SSSR count). The first-order valence-corrected chi connectivity index (χ1v) is 14.6. The second-order valence-electron chi connectivity index (χ2n) is 9.85. The zero-order chi connectivity index (χ0) is 28.0. The Labute approximate surface area is 227 Å². The van der Waals surface area contributed by atoms with Crippen LogP contribution in [-0.2, 0) is 28.2 Å². The number of ether oxygens (including phenoxy) is 2. The van der Waals surface area contributed by atoms with Crippen LogP contribution in [0.3, 0.4) is 0 Å². The van der Waals surface area contributed by atoms with Gasteiger partial charge in [0.25, 0.3) is 0 Å². The van der Waals surface area contributed by atoms with Crippen LogP contribution in [0.5, 0.6) is 5.75 Å². The molecule has 214 valence electrons. The number of rotatable bonds is 11. The number of primary amides is 1. The Balaban J connectivity index is 1.42. The molecule has 1 unspecified atom stereocenters. The van der Waals surface area contributed by atoms with Gasteiger partial charge in [-0.25, -0.2) is 4.57 Å². The van der Waals surface area contributed by atoms with Crippen LogP contribution in [0.1, 0.15) is 45.4 Å². The third-order valence-electron chi connectivity index (χ3n) is 6.79. The minimum Gasteiger partial charge on any atom is -0.461 e. The number of para-hydroxylation sites is 1. The quantitative estimate of drug-likeness (QED) is 0.229. The molecule has 0 bridgehead atoms. The van der Waals surface area contributed by atoms with Gasteiger partial charge in [0.05, 0.1) is 6.61 Å². The summed E-state index contributed by atoms with van der Waals surface area (Å²) in [6, 6.07) is 7.26. The van der Waals surface area contributed by atoms with Crippen LogP contribution in [0.4, 0.5) is 0 Å². The van der Waals surface area contributed by atoms with Crippen molar-refractivity contribution in [1.29, 1.82) is 0 Å². The number of benzene rings is 1. The van der Waals surface area contributed by atoms with Gasteiger partial charge in [-0.05, 0) is 51.2 Å². The highest BCUT2D eigenvalue weighted by Gasteiger charge is 2.46. The molecule has 2 fully saturated rings. The second kappa shape index (κ2) is 13.1. The number of nitrogens with one attached hydrogen (secondary N) is 1. The summed E-state index contributed by atoms with van der Waals surface area (Å²) in [5.41, 5.74) is 5.67.